The minimum Gasteiger partial charge on any atom is -0.488 e. The number of amides is 1. The summed E-state index contributed by atoms with van der Waals surface area (Å²) in [6.07, 6.45) is 4.62. The van der Waals surface area contributed by atoms with Crippen LogP contribution in [0, 0.1) is 0 Å². The monoisotopic (exact) mass is 399 g/mol. The Kier molecular flexibility index (Phi) is 6.41. The molecule has 3 rings (SSSR count). The summed E-state index contributed by atoms with van der Waals surface area (Å²) in [6.45, 7) is 0.282. The van der Waals surface area contributed by atoms with Gasteiger partial charge in [-0.1, -0.05) is 41.4 Å². The van der Waals surface area contributed by atoms with Gasteiger partial charge in [-0.25, -0.2) is 5.43 Å². The van der Waals surface area contributed by atoms with Crippen molar-refractivity contribution in [3.8, 4) is 5.75 Å². The van der Waals surface area contributed by atoms with Crippen molar-refractivity contribution in [3.63, 3.8) is 0 Å². The van der Waals surface area contributed by atoms with Gasteiger partial charge in [0.25, 0.3) is 5.91 Å². The molecule has 0 atom stereocenters. The smallest absolute Gasteiger partial charge is 0.271 e. The summed E-state index contributed by atoms with van der Waals surface area (Å²) < 4.78 is 5.85. The Morgan fingerprint density at radius 2 is 1.89 bits per heavy atom. The average Bonchev–Trinajstić information content (AvgIpc) is 2.69. The lowest BCUT2D eigenvalue weighted by Crippen LogP contribution is -2.17. The van der Waals surface area contributed by atoms with Crippen molar-refractivity contribution in [3.05, 3.63) is 93.7 Å². The number of carbonyl (C=O) groups excluding carboxylic acids is 1. The molecule has 0 aliphatic carbocycles. The fourth-order valence-corrected chi connectivity index (χ4v) is 2.70. The van der Waals surface area contributed by atoms with Crippen molar-refractivity contribution >= 4 is 35.3 Å². The molecule has 7 heteroatoms. The van der Waals surface area contributed by atoms with Crippen LogP contribution in [0.1, 0.15) is 21.5 Å². The average molecular weight is 400 g/mol. The van der Waals surface area contributed by atoms with Crippen molar-refractivity contribution in [2.24, 2.45) is 5.10 Å². The zero-order valence-electron chi connectivity index (χ0n) is 14.1. The van der Waals surface area contributed by atoms with Crippen LogP contribution in [0.4, 0.5) is 0 Å². The molecule has 0 fully saturated rings. The summed E-state index contributed by atoms with van der Waals surface area (Å²) in [6, 6.07) is 15.8. The number of ether oxygens (including phenoxy) is 1. The van der Waals surface area contributed by atoms with Gasteiger partial charge in [0.15, 0.2) is 0 Å². The van der Waals surface area contributed by atoms with E-state index in [0.717, 1.165) is 11.1 Å². The normalized spacial score (nSPS) is 10.7. The second-order valence-corrected chi connectivity index (χ2v) is 6.34. The minimum atomic E-state index is -0.319. The van der Waals surface area contributed by atoms with E-state index in [1.54, 1.807) is 36.7 Å². The fourth-order valence-electron chi connectivity index (χ4n) is 2.24. The van der Waals surface area contributed by atoms with E-state index < -0.39 is 0 Å². The van der Waals surface area contributed by atoms with E-state index in [4.69, 9.17) is 27.9 Å². The standard InChI is InChI=1S/C20H15Cl2N3O2/c21-17-6-5-16(18(22)11-17)13-27-19-4-2-1-3-15(19)12-24-25-20(26)14-7-9-23-10-8-14/h1-12H,13H2,(H,25,26)/b24-12+. The highest BCUT2D eigenvalue weighted by atomic mass is 35.5. The molecule has 2 aromatic carbocycles. The van der Waals surface area contributed by atoms with Crippen LogP contribution in [0.25, 0.3) is 0 Å². The van der Waals surface area contributed by atoms with E-state index in [0.29, 0.717) is 21.4 Å². The van der Waals surface area contributed by atoms with Crippen LogP contribution in [0.5, 0.6) is 5.75 Å². The third-order valence-electron chi connectivity index (χ3n) is 3.63. The molecule has 27 heavy (non-hydrogen) atoms. The Balaban J connectivity index is 1.66. The van der Waals surface area contributed by atoms with Crippen molar-refractivity contribution in [1.82, 2.24) is 10.4 Å². The maximum Gasteiger partial charge on any atom is 0.271 e. The van der Waals surface area contributed by atoms with Gasteiger partial charge >= 0.3 is 0 Å². The van der Waals surface area contributed by atoms with E-state index >= 15 is 0 Å². The van der Waals surface area contributed by atoms with Crippen LogP contribution in [0.2, 0.25) is 10.0 Å². The number of benzene rings is 2. The fraction of sp³-hybridized carbons (Fsp3) is 0.0500. The molecule has 1 heterocycles. The summed E-state index contributed by atoms with van der Waals surface area (Å²) >= 11 is 12.1. The first-order valence-electron chi connectivity index (χ1n) is 8.02. The van der Waals surface area contributed by atoms with Crippen LogP contribution in [0.15, 0.2) is 72.1 Å². The lowest BCUT2D eigenvalue weighted by Gasteiger charge is -2.10. The van der Waals surface area contributed by atoms with Gasteiger partial charge in [-0.3, -0.25) is 9.78 Å². The predicted octanol–water partition coefficient (Wildman–Crippen LogP) is 4.73. The Bertz CT molecular complexity index is 962. The molecule has 0 unspecified atom stereocenters. The van der Waals surface area contributed by atoms with Crippen LogP contribution in [-0.2, 0) is 6.61 Å². The Morgan fingerprint density at radius 1 is 1.11 bits per heavy atom. The van der Waals surface area contributed by atoms with Crippen molar-refractivity contribution in [2.45, 2.75) is 6.61 Å². The van der Waals surface area contributed by atoms with E-state index in [1.165, 1.54) is 6.21 Å². The Morgan fingerprint density at radius 3 is 2.67 bits per heavy atom. The zero-order chi connectivity index (χ0) is 19.1. The third-order valence-corrected chi connectivity index (χ3v) is 4.22. The third kappa shape index (κ3) is 5.29. The van der Waals surface area contributed by atoms with Gasteiger partial charge in [-0.2, -0.15) is 5.10 Å². The first-order chi connectivity index (χ1) is 13.1. The highest BCUT2D eigenvalue weighted by molar-refractivity contribution is 6.35. The molecular formula is C20H15Cl2N3O2. The lowest BCUT2D eigenvalue weighted by molar-refractivity contribution is 0.0955. The molecule has 0 saturated heterocycles. The number of para-hydroxylation sites is 1. The molecule has 0 aliphatic heterocycles. The molecule has 0 spiro atoms. The molecule has 0 radical (unpaired) electrons. The van der Waals surface area contributed by atoms with Gasteiger partial charge in [0.1, 0.15) is 12.4 Å². The number of carbonyl (C=O) groups is 1. The number of pyridine rings is 1. The van der Waals surface area contributed by atoms with Crippen molar-refractivity contribution in [2.75, 3.05) is 0 Å². The first-order valence-corrected chi connectivity index (χ1v) is 8.78. The van der Waals surface area contributed by atoms with E-state index in [2.05, 4.69) is 15.5 Å². The SMILES string of the molecule is O=C(N/N=C/c1ccccc1OCc1ccc(Cl)cc1Cl)c1ccncc1. The molecule has 1 aromatic heterocycles. The summed E-state index contributed by atoms with van der Waals surface area (Å²) in [5, 5.41) is 5.10. The number of rotatable bonds is 6. The second kappa shape index (κ2) is 9.16. The van der Waals surface area contributed by atoms with Gasteiger partial charge in [-0.15, -0.1) is 0 Å². The number of nitrogens with zero attached hydrogens (tertiary/aromatic N) is 2. The highest BCUT2D eigenvalue weighted by Crippen LogP contribution is 2.23. The maximum absolute atomic E-state index is 12.0. The van der Waals surface area contributed by atoms with Gasteiger partial charge < -0.3 is 4.74 Å². The Labute approximate surface area is 166 Å². The van der Waals surface area contributed by atoms with Crippen molar-refractivity contribution < 1.29 is 9.53 Å². The van der Waals surface area contributed by atoms with Crippen molar-refractivity contribution in [1.29, 1.82) is 0 Å². The van der Waals surface area contributed by atoms with Gasteiger partial charge in [0.05, 0.1) is 6.21 Å². The molecule has 5 nitrogen and oxygen atoms in total. The molecule has 3 aromatic rings. The topological polar surface area (TPSA) is 63.6 Å². The largest absolute Gasteiger partial charge is 0.488 e. The highest BCUT2D eigenvalue weighted by Gasteiger charge is 2.06. The summed E-state index contributed by atoms with van der Waals surface area (Å²) in [5.74, 6) is 0.297. The zero-order valence-corrected chi connectivity index (χ0v) is 15.6. The molecular weight excluding hydrogens is 385 g/mol. The van der Waals surface area contributed by atoms with E-state index in [1.807, 2.05) is 30.3 Å². The lowest BCUT2D eigenvalue weighted by atomic mass is 10.2. The van der Waals surface area contributed by atoms with Crippen LogP contribution < -0.4 is 10.2 Å². The summed E-state index contributed by atoms with van der Waals surface area (Å²) in [7, 11) is 0. The quantitative estimate of drug-likeness (QED) is 0.481. The predicted molar refractivity (Wildman–Crippen MR) is 107 cm³/mol. The first kappa shape index (κ1) is 18.9. The van der Waals surface area contributed by atoms with E-state index in [-0.39, 0.29) is 12.5 Å². The number of hydrogen-bond donors (Lipinski definition) is 1. The van der Waals surface area contributed by atoms with Crippen LogP contribution >= 0.6 is 23.2 Å². The van der Waals surface area contributed by atoms with Crippen LogP contribution in [0.3, 0.4) is 0 Å². The number of halogens is 2. The maximum atomic E-state index is 12.0. The number of hydrogen-bond acceptors (Lipinski definition) is 4. The molecule has 136 valence electrons. The van der Waals surface area contributed by atoms with Gasteiger partial charge in [-0.05, 0) is 36.4 Å². The van der Waals surface area contributed by atoms with Gasteiger partial charge in [0.2, 0.25) is 0 Å². The summed E-state index contributed by atoms with van der Waals surface area (Å²) in [4.78, 5) is 15.9. The molecule has 0 aliphatic rings. The van der Waals surface area contributed by atoms with Gasteiger partial charge in [0, 0.05) is 39.1 Å². The Hall–Kier alpha value is -2.89. The molecule has 1 amide bonds. The second-order valence-electron chi connectivity index (χ2n) is 5.50. The number of aromatic nitrogens is 1. The summed E-state index contributed by atoms with van der Waals surface area (Å²) in [5.41, 5.74) is 4.49. The molecule has 0 saturated carbocycles. The molecule has 0 bridgehead atoms. The molecule has 1 N–H and O–H groups in total. The number of nitrogens with one attached hydrogen (secondary N) is 1. The van der Waals surface area contributed by atoms with E-state index in [9.17, 15) is 4.79 Å². The van der Waals surface area contributed by atoms with Crippen LogP contribution in [-0.4, -0.2) is 17.1 Å². The number of hydrazone groups is 1. The minimum absolute atomic E-state index is 0.282.